The molecule has 1 saturated heterocycles. The van der Waals surface area contributed by atoms with Gasteiger partial charge in [0.15, 0.2) is 5.65 Å². The van der Waals surface area contributed by atoms with Gasteiger partial charge in [0, 0.05) is 35.9 Å². The van der Waals surface area contributed by atoms with Crippen LogP contribution >= 0.6 is 11.6 Å². The van der Waals surface area contributed by atoms with E-state index in [1.54, 1.807) is 23.0 Å². The fourth-order valence-corrected chi connectivity index (χ4v) is 4.16. The molecule has 1 aromatic carbocycles. The van der Waals surface area contributed by atoms with Crippen LogP contribution in [0.25, 0.3) is 22.4 Å². The molecule has 0 bridgehead atoms. The van der Waals surface area contributed by atoms with Crippen molar-refractivity contribution in [3.8, 4) is 11.3 Å². The lowest BCUT2D eigenvalue weighted by Crippen LogP contribution is -2.46. The molecule has 0 spiro atoms. The minimum atomic E-state index is -0.512. The first-order chi connectivity index (χ1) is 16.3. The lowest BCUT2D eigenvalue weighted by molar-refractivity contribution is -0.0526. The number of morpholine rings is 1. The number of aryl methyl sites for hydroxylation is 3. The molecule has 3 aromatic heterocycles. The van der Waals surface area contributed by atoms with Gasteiger partial charge in [0.25, 0.3) is 0 Å². The van der Waals surface area contributed by atoms with Crippen LogP contribution in [0, 0.1) is 19.7 Å². The van der Waals surface area contributed by atoms with Crippen LogP contribution in [0.2, 0.25) is 5.02 Å². The molecule has 34 heavy (non-hydrogen) atoms. The van der Waals surface area contributed by atoms with Gasteiger partial charge in [-0.15, -0.1) is 0 Å². The minimum Gasteiger partial charge on any atom is -0.394 e. The van der Waals surface area contributed by atoms with E-state index in [4.69, 9.17) is 21.3 Å². The molecule has 9 nitrogen and oxygen atoms in total. The molecule has 11 heteroatoms. The van der Waals surface area contributed by atoms with E-state index in [1.807, 2.05) is 32.0 Å². The molecular weight excluding hydrogens is 461 g/mol. The van der Waals surface area contributed by atoms with Gasteiger partial charge in [0.1, 0.15) is 23.1 Å². The summed E-state index contributed by atoms with van der Waals surface area (Å²) in [7, 11) is 1.83. The zero-order valence-corrected chi connectivity index (χ0v) is 19.7. The van der Waals surface area contributed by atoms with Crippen molar-refractivity contribution in [2.75, 3.05) is 24.6 Å². The maximum atomic E-state index is 15.0. The van der Waals surface area contributed by atoms with E-state index in [0.29, 0.717) is 41.6 Å². The van der Waals surface area contributed by atoms with Crippen LogP contribution in [0.15, 0.2) is 30.6 Å². The van der Waals surface area contributed by atoms with Crippen molar-refractivity contribution in [1.82, 2.24) is 29.7 Å². The molecule has 1 aliphatic heterocycles. The van der Waals surface area contributed by atoms with Crippen LogP contribution in [0.3, 0.4) is 0 Å². The van der Waals surface area contributed by atoms with Gasteiger partial charge in [-0.25, -0.2) is 19.3 Å². The summed E-state index contributed by atoms with van der Waals surface area (Å²) in [6.45, 7) is 4.30. The highest BCUT2D eigenvalue weighted by Gasteiger charge is 2.31. The zero-order chi connectivity index (χ0) is 24.0. The van der Waals surface area contributed by atoms with Crippen molar-refractivity contribution in [2.24, 2.45) is 7.05 Å². The number of fused-ring (bicyclic) bond motifs is 1. The highest BCUT2D eigenvalue weighted by atomic mass is 35.5. The first-order valence-electron chi connectivity index (χ1n) is 10.8. The topological polar surface area (TPSA) is 102 Å². The van der Waals surface area contributed by atoms with Crippen molar-refractivity contribution in [3.63, 3.8) is 0 Å². The van der Waals surface area contributed by atoms with Crippen LogP contribution in [0.5, 0.6) is 0 Å². The van der Waals surface area contributed by atoms with E-state index in [-0.39, 0.29) is 23.3 Å². The Morgan fingerprint density at radius 2 is 1.94 bits per heavy atom. The van der Waals surface area contributed by atoms with E-state index in [9.17, 15) is 9.50 Å². The summed E-state index contributed by atoms with van der Waals surface area (Å²) in [6.07, 6.45) is 2.80. The van der Waals surface area contributed by atoms with E-state index < -0.39 is 11.9 Å². The molecular formula is C23H23ClFN7O2. The summed E-state index contributed by atoms with van der Waals surface area (Å²) in [5.41, 5.74) is 3.67. The van der Waals surface area contributed by atoms with Crippen LogP contribution in [0.1, 0.15) is 23.1 Å². The fraction of sp³-hybridized carbons (Fsp3) is 0.348. The van der Waals surface area contributed by atoms with Crippen molar-refractivity contribution in [3.05, 3.63) is 58.4 Å². The molecule has 2 atom stereocenters. The number of benzene rings is 1. The second kappa shape index (κ2) is 8.86. The maximum absolute atomic E-state index is 15.0. The molecule has 176 valence electrons. The lowest BCUT2D eigenvalue weighted by atomic mass is 10.1. The number of aliphatic hydroxyl groups is 1. The number of anilines is 1. The van der Waals surface area contributed by atoms with Crippen molar-refractivity contribution < 1.29 is 14.2 Å². The summed E-state index contributed by atoms with van der Waals surface area (Å²) in [4.78, 5) is 20.5. The predicted octanol–water partition coefficient (Wildman–Crippen LogP) is 3.17. The maximum Gasteiger partial charge on any atom is 0.228 e. The number of rotatable bonds is 4. The van der Waals surface area contributed by atoms with Crippen LogP contribution < -0.4 is 4.90 Å². The Kier molecular flexibility index (Phi) is 5.88. The van der Waals surface area contributed by atoms with E-state index in [2.05, 4.69) is 20.1 Å². The standard InChI is InChI=1S/C23H23ClFN7O2/c1-12-13(2)28-22-21(27-12)20(17-5-4-15(24)6-18(17)25)29-23(30-22)32-9-16(11-33)34-19(10-32)14-7-26-31(3)8-14/h4-8,16,19,33H,9-11H2,1-3H3/t16-,19+/m1/s1. The Balaban J connectivity index is 1.65. The number of hydrogen-bond donors (Lipinski definition) is 1. The van der Waals surface area contributed by atoms with Crippen LogP contribution in [-0.2, 0) is 11.8 Å². The summed E-state index contributed by atoms with van der Waals surface area (Å²) >= 11 is 5.98. The summed E-state index contributed by atoms with van der Waals surface area (Å²) in [5, 5.41) is 14.4. The van der Waals surface area contributed by atoms with Gasteiger partial charge in [-0.2, -0.15) is 10.1 Å². The third kappa shape index (κ3) is 4.20. The van der Waals surface area contributed by atoms with Crippen LogP contribution in [0.4, 0.5) is 10.3 Å². The van der Waals surface area contributed by atoms with E-state index >= 15 is 0 Å². The highest BCUT2D eigenvalue weighted by molar-refractivity contribution is 6.30. The first-order valence-corrected chi connectivity index (χ1v) is 11.2. The second-order valence-corrected chi connectivity index (χ2v) is 8.78. The third-order valence-corrected chi connectivity index (χ3v) is 6.10. The number of halogens is 2. The number of nitrogens with zero attached hydrogens (tertiary/aromatic N) is 7. The summed E-state index contributed by atoms with van der Waals surface area (Å²) in [6, 6.07) is 4.43. The van der Waals surface area contributed by atoms with E-state index in [1.165, 1.54) is 6.07 Å². The van der Waals surface area contributed by atoms with Crippen molar-refractivity contribution >= 4 is 28.7 Å². The number of aliphatic hydroxyl groups excluding tert-OH is 1. The average Bonchev–Trinajstić information content (AvgIpc) is 3.25. The summed E-state index contributed by atoms with van der Waals surface area (Å²) < 4.78 is 22.7. The number of hydrogen-bond acceptors (Lipinski definition) is 8. The monoisotopic (exact) mass is 483 g/mol. The summed E-state index contributed by atoms with van der Waals surface area (Å²) in [5.74, 6) is -0.160. The molecule has 0 radical (unpaired) electrons. The van der Waals surface area contributed by atoms with Gasteiger partial charge in [-0.3, -0.25) is 4.68 Å². The van der Waals surface area contributed by atoms with Gasteiger partial charge in [-0.05, 0) is 32.0 Å². The number of aromatic nitrogens is 6. The quantitative estimate of drug-likeness (QED) is 0.472. The first kappa shape index (κ1) is 22.6. The molecule has 5 rings (SSSR count). The Hall–Kier alpha value is -3.21. The SMILES string of the molecule is Cc1nc2nc(N3C[C@H](CO)O[C@H](c4cnn(C)c4)C3)nc(-c3ccc(Cl)cc3F)c2nc1C. The largest absolute Gasteiger partial charge is 0.394 e. The molecule has 0 unspecified atom stereocenters. The minimum absolute atomic E-state index is 0.169. The third-order valence-electron chi connectivity index (χ3n) is 5.87. The predicted molar refractivity (Wildman–Crippen MR) is 125 cm³/mol. The molecule has 1 aliphatic rings. The average molecular weight is 484 g/mol. The Labute approximate surface area is 200 Å². The van der Waals surface area contributed by atoms with Gasteiger partial charge in [0.2, 0.25) is 5.95 Å². The smallest absolute Gasteiger partial charge is 0.228 e. The van der Waals surface area contributed by atoms with E-state index in [0.717, 1.165) is 11.3 Å². The lowest BCUT2D eigenvalue weighted by Gasteiger charge is -2.37. The molecule has 4 aromatic rings. The molecule has 0 saturated carbocycles. The molecule has 0 aliphatic carbocycles. The zero-order valence-electron chi connectivity index (χ0n) is 18.9. The Morgan fingerprint density at radius 3 is 2.65 bits per heavy atom. The van der Waals surface area contributed by atoms with Crippen molar-refractivity contribution in [1.29, 1.82) is 0 Å². The highest BCUT2D eigenvalue weighted by Crippen LogP contribution is 2.32. The van der Waals surface area contributed by atoms with Crippen LogP contribution in [-0.4, -0.2) is 60.6 Å². The fourth-order valence-electron chi connectivity index (χ4n) is 4.00. The van der Waals surface area contributed by atoms with Gasteiger partial charge in [-0.1, -0.05) is 11.6 Å². The molecule has 1 fully saturated rings. The number of ether oxygens (including phenoxy) is 1. The Bertz CT molecular complexity index is 1380. The molecule has 4 heterocycles. The van der Waals surface area contributed by atoms with Gasteiger partial charge >= 0.3 is 0 Å². The van der Waals surface area contributed by atoms with Crippen molar-refractivity contribution in [2.45, 2.75) is 26.1 Å². The normalized spacial score (nSPS) is 18.6. The molecule has 1 N–H and O–H groups in total. The van der Waals surface area contributed by atoms with Gasteiger partial charge < -0.3 is 14.7 Å². The van der Waals surface area contributed by atoms with Gasteiger partial charge in [0.05, 0.1) is 36.8 Å². The second-order valence-electron chi connectivity index (χ2n) is 8.34. The Morgan fingerprint density at radius 1 is 1.15 bits per heavy atom. The molecule has 0 amide bonds.